The summed E-state index contributed by atoms with van der Waals surface area (Å²) in [6.45, 7) is 0.577. The molecule has 8 heteroatoms. The van der Waals surface area contributed by atoms with Crippen molar-refractivity contribution in [1.29, 1.82) is 0 Å². The molecule has 2 N–H and O–H groups in total. The van der Waals surface area contributed by atoms with Crippen LogP contribution in [0.3, 0.4) is 0 Å². The third-order valence-electron chi connectivity index (χ3n) is 2.35. The lowest BCUT2D eigenvalue weighted by Gasteiger charge is -2.06. The van der Waals surface area contributed by atoms with Gasteiger partial charge in [0, 0.05) is 11.9 Å². The van der Waals surface area contributed by atoms with Gasteiger partial charge in [-0.05, 0) is 28.1 Å². The third kappa shape index (κ3) is 3.65. The van der Waals surface area contributed by atoms with Gasteiger partial charge in [-0.1, -0.05) is 0 Å². The standard InChI is InChI=1S/C11H11BrN4O2S/c1-13-10-4-7(16(17)18)5-11(15-10)14-6-8-2-3-9(12)19-8/h2-5H,6H2,1H3,(H2,13,14,15). The van der Waals surface area contributed by atoms with Gasteiger partial charge in [0.15, 0.2) is 0 Å². The number of pyridine rings is 1. The van der Waals surface area contributed by atoms with Crippen LogP contribution in [0, 0.1) is 10.1 Å². The summed E-state index contributed by atoms with van der Waals surface area (Å²) in [5.74, 6) is 0.937. The summed E-state index contributed by atoms with van der Waals surface area (Å²) in [4.78, 5) is 15.7. The number of anilines is 2. The van der Waals surface area contributed by atoms with Gasteiger partial charge in [-0.15, -0.1) is 11.3 Å². The molecule has 2 heterocycles. The Morgan fingerprint density at radius 2 is 2.16 bits per heavy atom. The average molecular weight is 343 g/mol. The molecule has 0 radical (unpaired) electrons. The first kappa shape index (κ1) is 13.8. The van der Waals surface area contributed by atoms with Crippen LogP contribution in [0.2, 0.25) is 0 Å². The number of nitrogens with zero attached hydrogens (tertiary/aromatic N) is 2. The van der Waals surface area contributed by atoms with E-state index in [1.165, 1.54) is 12.1 Å². The quantitative estimate of drug-likeness (QED) is 0.642. The Labute approximate surface area is 122 Å². The molecular weight excluding hydrogens is 332 g/mol. The highest BCUT2D eigenvalue weighted by Crippen LogP contribution is 2.24. The zero-order valence-corrected chi connectivity index (χ0v) is 12.4. The van der Waals surface area contributed by atoms with Crippen molar-refractivity contribution < 1.29 is 4.92 Å². The van der Waals surface area contributed by atoms with Gasteiger partial charge in [0.2, 0.25) is 0 Å². The maximum Gasteiger partial charge on any atom is 0.276 e. The van der Waals surface area contributed by atoms with Crippen molar-refractivity contribution in [3.8, 4) is 0 Å². The third-order valence-corrected chi connectivity index (χ3v) is 3.97. The summed E-state index contributed by atoms with van der Waals surface area (Å²) in [6, 6.07) is 6.76. The lowest BCUT2D eigenvalue weighted by Crippen LogP contribution is -2.03. The Kier molecular flexibility index (Phi) is 4.33. The molecule has 0 spiro atoms. The highest BCUT2D eigenvalue weighted by molar-refractivity contribution is 9.11. The number of nitro groups is 1. The Balaban J connectivity index is 2.15. The zero-order valence-electron chi connectivity index (χ0n) is 10.0. The zero-order chi connectivity index (χ0) is 13.8. The number of nitrogens with one attached hydrogen (secondary N) is 2. The topological polar surface area (TPSA) is 80.1 Å². The number of hydrogen-bond donors (Lipinski definition) is 2. The Morgan fingerprint density at radius 1 is 1.42 bits per heavy atom. The van der Waals surface area contributed by atoms with E-state index in [0.717, 1.165) is 8.66 Å². The number of rotatable bonds is 5. The number of thiophene rings is 1. The van der Waals surface area contributed by atoms with E-state index in [-0.39, 0.29) is 5.69 Å². The van der Waals surface area contributed by atoms with Gasteiger partial charge in [-0.3, -0.25) is 10.1 Å². The molecule has 2 aromatic heterocycles. The maximum absolute atomic E-state index is 10.8. The number of halogens is 1. The van der Waals surface area contributed by atoms with E-state index < -0.39 is 4.92 Å². The number of hydrogen-bond acceptors (Lipinski definition) is 6. The summed E-state index contributed by atoms with van der Waals surface area (Å²) in [7, 11) is 1.67. The monoisotopic (exact) mass is 342 g/mol. The van der Waals surface area contributed by atoms with E-state index >= 15 is 0 Å². The fourth-order valence-electron chi connectivity index (χ4n) is 1.46. The fraction of sp³-hybridized carbons (Fsp3) is 0.182. The average Bonchev–Trinajstić information content (AvgIpc) is 2.81. The van der Waals surface area contributed by atoms with Crippen LogP contribution in [0.25, 0.3) is 0 Å². The maximum atomic E-state index is 10.8. The molecular formula is C11H11BrN4O2S. The summed E-state index contributed by atoms with van der Waals surface area (Å²) in [5.41, 5.74) is 0.00853. The lowest BCUT2D eigenvalue weighted by molar-refractivity contribution is -0.384. The number of aromatic nitrogens is 1. The first-order valence-corrected chi connectivity index (χ1v) is 7.02. The first-order valence-electron chi connectivity index (χ1n) is 5.41. The molecule has 0 aliphatic heterocycles. The minimum absolute atomic E-state index is 0.00853. The van der Waals surface area contributed by atoms with E-state index in [2.05, 4.69) is 31.5 Å². The summed E-state index contributed by atoms with van der Waals surface area (Å²) < 4.78 is 1.05. The van der Waals surface area contributed by atoms with Crippen molar-refractivity contribution in [1.82, 2.24) is 4.98 Å². The molecule has 2 rings (SSSR count). The SMILES string of the molecule is CNc1cc([N+](=O)[O-])cc(NCc2ccc(Br)s2)n1. The van der Waals surface area contributed by atoms with Gasteiger partial charge >= 0.3 is 0 Å². The molecule has 2 aromatic rings. The van der Waals surface area contributed by atoms with Gasteiger partial charge in [-0.25, -0.2) is 4.98 Å². The minimum Gasteiger partial charge on any atom is -0.373 e. The van der Waals surface area contributed by atoms with Crippen molar-refractivity contribution in [3.05, 3.63) is 43.0 Å². The molecule has 0 bridgehead atoms. The van der Waals surface area contributed by atoms with Crippen LogP contribution in [-0.4, -0.2) is 17.0 Å². The second kappa shape index (κ2) is 5.98. The molecule has 6 nitrogen and oxygen atoms in total. The molecule has 0 aliphatic rings. The molecule has 0 saturated carbocycles. The first-order chi connectivity index (χ1) is 9.08. The van der Waals surface area contributed by atoms with E-state index in [4.69, 9.17) is 0 Å². The van der Waals surface area contributed by atoms with Crippen LogP contribution in [0.15, 0.2) is 28.1 Å². The second-order valence-corrected chi connectivity index (χ2v) is 6.21. The smallest absolute Gasteiger partial charge is 0.276 e. The second-order valence-electron chi connectivity index (χ2n) is 3.66. The molecule has 0 aromatic carbocycles. The van der Waals surface area contributed by atoms with Gasteiger partial charge in [-0.2, -0.15) is 0 Å². The van der Waals surface area contributed by atoms with Gasteiger partial charge in [0.1, 0.15) is 11.6 Å². The normalized spacial score (nSPS) is 10.2. The van der Waals surface area contributed by atoms with Gasteiger partial charge < -0.3 is 10.6 Å². The summed E-state index contributed by atoms with van der Waals surface area (Å²) in [5, 5.41) is 16.7. The van der Waals surface area contributed by atoms with Crippen molar-refractivity contribution in [2.24, 2.45) is 0 Å². The van der Waals surface area contributed by atoms with E-state index in [0.29, 0.717) is 18.2 Å². The molecule has 0 atom stereocenters. The molecule has 0 saturated heterocycles. The van der Waals surface area contributed by atoms with E-state index in [9.17, 15) is 10.1 Å². The lowest BCUT2D eigenvalue weighted by atomic mass is 10.3. The van der Waals surface area contributed by atoms with E-state index in [1.807, 2.05) is 12.1 Å². The summed E-state index contributed by atoms with van der Waals surface area (Å²) in [6.07, 6.45) is 0. The van der Waals surface area contributed by atoms with Crippen LogP contribution in [0.1, 0.15) is 4.88 Å². The van der Waals surface area contributed by atoms with Crippen LogP contribution in [-0.2, 0) is 6.54 Å². The molecule has 19 heavy (non-hydrogen) atoms. The fourth-order valence-corrected chi connectivity index (χ4v) is 2.89. The van der Waals surface area contributed by atoms with E-state index in [1.54, 1.807) is 18.4 Å². The molecule has 0 amide bonds. The van der Waals surface area contributed by atoms with Crippen molar-refractivity contribution in [2.75, 3.05) is 17.7 Å². The summed E-state index contributed by atoms with van der Waals surface area (Å²) >= 11 is 4.99. The van der Waals surface area contributed by atoms with Crippen molar-refractivity contribution in [2.45, 2.75) is 6.54 Å². The highest BCUT2D eigenvalue weighted by Gasteiger charge is 2.10. The predicted octanol–water partition coefficient (Wildman–Crippen LogP) is 3.47. The van der Waals surface area contributed by atoms with Gasteiger partial charge in [0.25, 0.3) is 5.69 Å². The predicted molar refractivity (Wildman–Crippen MR) is 79.8 cm³/mol. The van der Waals surface area contributed by atoms with Crippen LogP contribution in [0.4, 0.5) is 17.3 Å². The van der Waals surface area contributed by atoms with Crippen LogP contribution in [0.5, 0.6) is 0 Å². The Hall–Kier alpha value is -1.67. The van der Waals surface area contributed by atoms with Crippen LogP contribution < -0.4 is 10.6 Å². The van der Waals surface area contributed by atoms with Crippen LogP contribution >= 0.6 is 27.3 Å². The Bertz CT molecular complexity index is 602. The highest BCUT2D eigenvalue weighted by atomic mass is 79.9. The van der Waals surface area contributed by atoms with Gasteiger partial charge in [0.05, 0.1) is 27.4 Å². The molecule has 0 aliphatic carbocycles. The van der Waals surface area contributed by atoms with Crippen molar-refractivity contribution in [3.63, 3.8) is 0 Å². The minimum atomic E-state index is -0.435. The largest absolute Gasteiger partial charge is 0.373 e. The molecule has 100 valence electrons. The Morgan fingerprint density at radius 3 is 2.74 bits per heavy atom. The van der Waals surface area contributed by atoms with Crippen molar-refractivity contribution >= 4 is 44.6 Å². The molecule has 0 unspecified atom stereocenters. The molecule has 0 fully saturated rings.